The van der Waals surface area contributed by atoms with Gasteiger partial charge in [-0.1, -0.05) is 20.8 Å². The molecule has 3 fully saturated rings. The van der Waals surface area contributed by atoms with Crippen molar-refractivity contribution in [3.05, 3.63) is 0 Å². The SMILES string of the molecule is CC1C23CC(CC(O)(C(F)(F)F)C(F)(F)F)C4(C2)C(C)(C)C14C3. The molecule has 0 saturated heterocycles. The molecule has 0 heterocycles. The van der Waals surface area contributed by atoms with Gasteiger partial charge in [0, 0.05) is 0 Å². The summed E-state index contributed by atoms with van der Waals surface area (Å²) in [7, 11) is 0. The average Bonchev–Trinajstić information content (AvgIpc) is 2.75. The van der Waals surface area contributed by atoms with Crippen molar-refractivity contribution in [2.45, 2.75) is 64.4 Å². The molecule has 3 aliphatic rings. The first-order valence-electron chi connectivity index (χ1n) is 7.99. The summed E-state index contributed by atoms with van der Waals surface area (Å²) in [5.41, 5.74) is -5.49. The van der Waals surface area contributed by atoms with Crippen LogP contribution < -0.4 is 0 Å². The summed E-state index contributed by atoms with van der Waals surface area (Å²) in [5.74, 6) is -0.346. The van der Waals surface area contributed by atoms with E-state index in [9.17, 15) is 31.4 Å². The van der Waals surface area contributed by atoms with Crippen LogP contribution in [-0.4, -0.2) is 23.1 Å². The van der Waals surface area contributed by atoms with E-state index in [4.69, 9.17) is 0 Å². The Labute approximate surface area is 130 Å². The van der Waals surface area contributed by atoms with Gasteiger partial charge in [0.05, 0.1) is 0 Å². The maximum atomic E-state index is 13.0. The number of hydrogen-bond acceptors (Lipinski definition) is 1. The summed E-state index contributed by atoms with van der Waals surface area (Å²) in [6.45, 7) is 6.05. The predicted octanol–water partition coefficient (Wildman–Crippen LogP) is 4.69. The monoisotopic (exact) mass is 342 g/mol. The second-order valence-electron chi connectivity index (χ2n) is 8.97. The van der Waals surface area contributed by atoms with E-state index < -0.39 is 35.7 Å². The van der Waals surface area contributed by atoms with Gasteiger partial charge in [-0.15, -0.1) is 0 Å². The molecule has 5 unspecified atom stereocenters. The molecule has 7 heteroatoms. The Bertz CT molecular complexity index is 578. The summed E-state index contributed by atoms with van der Waals surface area (Å²) >= 11 is 0. The van der Waals surface area contributed by atoms with Crippen LogP contribution in [0.3, 0.4) is 0 Å². The minimum absolute atomic E-state index is 0.0850. The van der Waals surface area contributed by atoms with Gasteiger partial charge in [0.25, 0.3) is 5.60 Å². The van der Waals surface area contributed by atoms with Gasteiger partial charge in [-0.05, 0) is 59.2 Å². The Morgan fingerprint density at radius 2 is 1.43 bits per heavy atom. The quantitative estimate of drug-likeness (QED) is 0.722. The lowest BCUT2D eigenvalue weighted by molar-refractivity contribution is -0.374. The molecule has 0 aromatic rings. The smallest absolute Gasteiger partial charge is 0.374 e. The van der Waals surface area contributed by atoms with Gasteiger partial charge >= 0.3 is 12.4 Å². The number of aliphatic hydroxyl groups is 1. The fourth-order valence-corrected chi connectivity index (χ4v) is 7.84. The first-order chi connectivity index (χ1) is 10.1. The first-order valence-corrected chi connectivity index (χ1v) is 7.99. The highest BCUT2D eigenvalue weighted by Gasteiger charge is 3.01. The molecule has 0 amide bonds. The Hall–Kier alpha value is -0.460. The molecule has 1 nitrogen and oxygen atoms in total. The summed E-state index contributed by atoms with van der Waals surface area (Å²) in [4.78, 5) is 0. The molecule has 0 radical (unpaired) electrons. The maximum absolute atomic E-state index is 13.0. The van der Waals surface area contributed by atoms with E-state index in [0.717, 1.165) is 12.8 Å². The zero-order valence-corrected chi connectivity index (χ0v) is 13.2. The van der Waals surface area contributed by atoms with Gasteiger partial charge in [-0.3, -0.25) is 0 Å². The Morgan fingerprint density at radius 3 is 1.83 bits per heavy atom. The van der Waals surface area contributed by atoms with Gasteiger partial charge in [-0.2, -0.15) is 26.3 Å². The second-order valence-corrected chi connectivity index (χ2v) is 8.97. The minimum Gasteiger partial charge on any atom is -0.374 e. The molecule has 23 heavy (non-hydrogen) atoms. The highest BCUT2D eigenvalue weighted by Crippen LogP contribution is 3.06. The summed E-state index contributed by atoms with van der Waals surface area (Å²) in [6.07, 6.45) is -10.6. The summed E-state index contributed by atoms with van der Waals surface area (Å²) in [5, 5.41) is 9.59. The van der Waals surface area contributed by atoms with Crippen LogP contribution in [0.5, 0.6) is 0 Å². The molecule has 0 bridgehead atoms. The van der Waals surface area contributed by atoms with Crippen molar-refractivity contribution in [3.63, 3.8) is 0 Å². The topological polar surface area (TPSA) is 20.2 Å². The maximum Gasteiger partial charge on any atom is 0.426 e. The Kier molecular flexibility index (Phi) is 2.38. The number of rotatable bonds is 2. The van der Waals surface area contributed by atoms with Crippen LogP contribution in [-0.2, 0) is 0 Å². The molecule has 3 spiro atoms. The molecular weight excluding hydrogens is 322 g/mol. The third-order valence-electron chi connectivity index (χ3n) is 8.71. The van der Waals surface area contributed by atoms with Crippen LogP contribution >= 0.6 is 0 Å². The summed E-state index contributed by atoms with van der Waals surface area (Å²) in [6, 6.07) is 0. The average molecular weight is 342 g/mol. The van der Waals surface area contributed by atoms with Gasteiger partial charge in [-0.25, -0.2) is 0 Å². The molecule has 0 aromatic carbocycles. The fraction of sp³-hybridized carbons (Fsp3) is 1.00. The number of hydrogen-bond donors (Lipinski definition) is 1. The zero-order valence-electron chi connectivity index (χ0n) is 13.2. The molecule has 1 N–H and O–H groups in total. The molecular formula is C16H20F6O. The highest BCUT2D eigenvalue weighted by molar-refractivity contribution is 5.48. The van der Waals surface area contributed by atoms with Crippen molar-refractivity contribution >= 4 is 0 Å². The van der Waals surface area contributed by atoms with Crippen molar-refractivity contribution < 1.29 is 31.4 Å². The molecule has 0 aliphatic heterocycles. The van der Waals surface area contributed by atoms with E-state index in [1.807, 2.05) is 13.8 Å². The zero-order chi connectivity index (χ0) is 17.5. The third-order valence-corrected chi connectivity index (χ3v) is 8.71. The number of alkyl halides is 6. The Balaban J connectivity index is 1.70. The van der Waals surface area contributed by atoms with Gasteiger partial charge in [0.2, 0.25) is 0 Å². The van der Waals surface area contributed by atoms with Crippen LogP contribution in [0.15, 0.2) is 0 Å². The van der Waals surface area contributed by atoms with Crippen molar-refractivity contribution in [2.24, 2.45) is 33.5 Å². The van der Waals surface area contributed by atoms with E-state index in [-0.39, 0.29) is 16.2 Å². The highest BCUT2D eigenvalue weighted by atomic mass is 19.4. The van der Waals surface area contributed by atoms with E-state index in [2.05, 4.69) is 6.92 Å². The van der Waals surface area contributed by atoms with Crippen LogP contribution in [0.2, 0.25) is 0 Å². The largest absolute Gasteiger partial charge is 0.426 e. The van der Waals surface area contributed by atoms with Gasteiger partial charge in [0.15, 0.2) is 0 Å². The summed E-state index contributed by atoms with van der Waals surface area (Å²) < 4.78 is 78.2. The van der Waals surface area contributed by atoms with E-state index >= 15 is 0 Å². The van der Waals surface area contributed by atoms with Crippen molar-refractivity contribution in [1.82, 2.24) is 0 Å². The third kappa shape index (κ3) is 1.21. The predicted molar refractivity (Wildman–Crippen MR) is 69.3 cm³/mol. The lowest BCUT2D eigenvalue weighted by Crippen LogP contribution is -2.59. The van der Waals surface area contributed by atoms with Gasteiger partial charge < -0.3 is 5.11 Å². The minimum atomic E-state index is -5.70. The fourth-order valence-electron chi connectivity index (χ4n) is 7.84. The lowest BCUT2D eigenvalue weighted by Gasteiger charge is -2.55. The number of halogens is 6. The van der Waals surface area contributed by atoms with Crippen LogP contribution in [0.1, 0.15) is 46.5 Å². The number of fused-ring (bicyclic) bond motifs is 1. The standard InChI is InChI=1S/C16H20F6O/c1-8-11-4-9(5-14(23,15(17,18)19)16(20,21)22)13(7-11)10(2,3)12(8,13)6-11/h8-9,23H,4-7H2,1-3H3. The molecule has 3 rings (SSSR count). The normalized spacial score (nSPS) is 49.8. The van der Waals surface area contributed by atoms with E-state index in [1.54, 1.807) is 0 Å². The van der Waals surface area contributed by atoms with Crippen LogP contribution in [0.4, 0.5) is 26.3 Å². The van der Waals surface area contributed by atoms with Crippen LogP contribution in [0, 0.1) is 33.5 Å². The lowest BCUT2D eigenvalue weighted by atomic mass is 9.49. The molecule has 3 saturated carbocycles. The first kappa shape index (κ1) is 16.0. The van der Waals surface area contributed by atoms with Gasteiger partial charge in [0.1, 0.15) is 0 Å². The van der Waals surface area contributed by atoms with Crippen molar-refractivity contribution in [2.75, 3.05) is 0 Å². The van der Waals surface area contributed by atoms with Crippen molar-refractivity contribution in [3.8, 4) is 0 Å². The van der Waals surface area contributed by atoms with E-state index in [0.29, 0.717) is 12.3 Å². The molecule has 132 valence electrons. The second kappa shape index (κ2) is 3.42. The van der Waals surface area contributed by atoms with Crippen LogP contribution in [0.25, 0.3) is 0 Å². The Morgan fingerprint density at radius 1 is 0.957 bits per heavy atom. The molecule has 3 aliphatic carbocycles. The molecule has 5 atom stereocenters. The van der Waals surface area contributed by atoms with E-state index in [1.165, 1.54) is 0 Å². The molecule has 0 aromatic heterocycles. The van der Waals surface area contributed by atoms with Crippen molar-refractivity contribution in [1.29, 1.82) is 0 Å².